The molecule has 0 atom stereocenters. The zero-order valence-corrected chi connectivity index (χ0v) is 18.9. The summed E-state index contributed by atoms with van der Waals surface area (Å²) in [6, 6.07) is 14.4. The van der Waals surface area contributed by atoms with Crippen molar-refractivity contribution in [1.82, 2.24) is 14.7 Å². The highest BCUT2D eigenvalue weighted by atomic mass is 16.2. The number of carbonyl (C=O) groups is 3. The lowest BCUT2D eigenvalue weighted by Crippen LogP contribution is -2.43. The molecular weight excluding hydrogens is 402 g/mol. The molecule has 1 saturated carbocycles. The van der Waals surface area contributed by atoms with Crippen LogP contribution in [0.15, 0.2) is 42.5 Å². The Bertz CT molecular complexity index is 1100. The number of urea groups is 1. The van der Waals surface area contributed by atoms with Crippen molar-refractivity contribution in [2.24, 2.45) is 0 Å². The summed E-state index contributed by atoms with van der Waals surface area (Å²) in [6.07, 6.45) is 3.45. The van der Waals surface area contributed by atoms with Gasteiger partial charge in [-0.3, -0.25) is 14.5 Å². The van der Waals surface area contributed by atoms with E-state index in [0.29, 0.717) is 25.7 Å². The van der Waals surface area contributed by atoms with Gasteiger partial charge >= 0.3 is 6.03 Å². The summed E-state index contributed by atoms with van der Waals surface area (Å²) >= 11 is 0. The van der Waals surface area contributed by atoms with Gasteiger partial charge in [0.25, 0.3) is 11.8 Å². The topological polar surface area (TPSA) is 60.9 Å². The van der Waals surface area contributed by atoms with Gasteiger partial charge in [-0.05, 0) is 74.4 Å². The number of imide groups is 1. The summed E-state index contributed by atoms with van der Waals surface area (Å²) in [4.78, 5) is 42.9. The maximum absolute atomic E-state index is 12.7. The quantitative estimate of drug-likeness (QED) is 0.658. The van der Waals surface area contributed by atoms with E-state index in [0.717, 1.165) is 40.7 Å². The summed E-state index contributed by atoms with van der Waals surface area (Å²) in [7, 11) is 0. The molecule has 6 nitrogen and oxygen atoms in total. The van der Waals surface area contributed by atoms with Crippen LogP contribution in [0.2, 0.25) is 0 Å². The minimum absolute atomic E-state index is 0.148. The van der Waals surface area contributed by atoms with E-state index in [4.69, 9.17) is 0 Å². The molecule has 0 unspecified atom stereocenters. The van der Waals surface area contributed by atoms with Gasteiger partial charge < -0.3 is 9.80 Å². The molecule has 6 heteroatoms. The van der Waals surface area contributed by atoms with Crippen molar-refractivity contribution in [2.75, 3.05) is 6.54 Å². The van der Waals surface area contributed by atoms with Crippen LogP contribution in [0.1, 0.15) is 61.5 Å². The molecule has 0 N–H and O–H groups in total. The van der Waals surface area contributed by atoms with Gasteiger partial charge in [-0.1, -0.05) is 30.3 Å². The van der Waals surface area contributed by atoms with Gasteiger partial charge in [0.15, 0.2) is 0 Å². The zero-order valence-electron chi connectivity index (χ0n) is 18.9. The first kappa shape index (κ1) is 20.7. The van der Waals surface area contributed by atoms with E-state index >= 15 is 0 Å². The molecule has 0 spiro atoms. The van der Waals surface area contributed by atoms with Crippen LogP contribution in [0.4, 0.5) is 4.79 Å². The maximum atomic E-state index is 12.7. The molecule has 5 rings (SSSR count). The van der Waals surface area contributed by atoms with Crippen molar-refractivity contribution in [1.29, 1.82) is 0 Å². The summed E-state index contributed by atoms with van der Waals surface area (Å²) in [5, 5.41) is 0. The number of nitrogens with zero attached hydrogens (tertiary/aromatic N) is 3. The fourth-order valence-corrected chi connectivity index (χ4v) is 4.96. The van der Waals surface area contributed by atoms with Crippen LogP contribution in [-0.2, 0) is 17.9 Å². The average Bonchev–Trinajstić information content (AvgIpc) is 3.14. The third-order valence-electron chi connectivity index (χ3n) is 7.30. The Morgan fingerprint density at radius 2 is 1.66 bits per heavy atom. The predicted octanol–water partition coefficient (Wildman–Crippen LogP) is 4.42. The lowest BCUT2D eigenvalue weighted by molar-refractivity contribution is -0.131. The van der Waals surface area contributed by atoms with Gasteiger partial charge in [0.2, 0.25) is 0 Å². The first-order valence-electron chi connectivity index (χ1n) is 11.5. The summed E-state index contributed by atoms with van der Waals surface area (Å²) in [5.74, 6) is 0.0189. The number of carbonyl (C=O) groups excluding carboxylic acids is 3. The molecule has 32 heavy (non-hydrogen) atoms. The van der Waals surface area contributed by atoms with Gasteiger partial charge in [-0.25, -0.2) is 4.79 Å². The SMILES string of the molecule is CCN1C(=O)N(Cc2ccc(-c3ccc4c(c3)CN(C3CCC3)C4=O)cc2)C(C)(C)C1=O. The number of amides is 4. The van der Waals surface area contributed by atoms with Crippen molar-refractivity contribution in [3.8, 4) is 11.1 Å². The number of likely N-dealkylation sites (N-methyl/N-ethyl adjacent to an activating group) is 1. The minimum atomic E-state index is -0.843. The molecule has 2 aliphatic heterocycles. The van der Waals surface area contributed by atoms with Crippen LogP contribution in [0, 0.1) is 0 Å². The standard InChI is InChI=1S/C26H29N3O3/c1-4-27-24(31)26(2,3)29(25(27)32)15-17-8-10-18(11-9-17)19-12-13-22-20(14-19)16-28(23(22)30)21-6-5-7-21/h8-14,21H,4-7,15-16H2,1-3H3. The van der Waals surface area contributed by atoms with E-state index in [1.807, 2.05) is 48.2 Å². The first-order chi connectivity index (χ1) is 15.3. The Balaban J connectivity index is 1.33. The van der Waals surface area contributed by atoms with Crippen LogP contribution in [0.25, 0.3) is 11.1 Å². The van der Waals surface area contributed by atoms with E-state index in [2.05, 4.69) is 6.07 Å². The van der Waals surface area contributed by atoms with E-state index < -0.39 is 5.54 Å². The van der Waals surface area contributed by atoms with Gasteiger partial charge in [0.1, 0.15) is 5.54 Å². The molecule has 2 aromatic carbocycles. The van der Waals surface area contributed by atoms with Crippen LogP contribution in [0.3, 0.4) is 0 Å². The number of fused-ring (bicyclic) bond motifs is 1. The molecule has 166 valence electrons. The van der Waals surface area contributed by atoms with E-state index in [1.54, 1.807) is 18.7 Å². The molecule has 0 aromatic heterocycles. The summed E-state index contributed by atoms with van der Waals surface area (Å²) in [5.41, 5.74) is 4.23. The average molecular weight is 432 g/mol. The molecule has 2 fully saturated rings. The minimum Gasteiger partial charge on any atom is -0.331 e. The molecule has 0 bridgehead atoms. The van der Waals surface area contributed by atoms with E-state index in [-0.39, 0.29) is 17.8 Å². The van der Waals surface area contributed by atoms with Crippen molar-refractivity contribution in [3.63, 3.8) is 0 Å². The zero-order chi connectivity index (χ0) is 22.6. The van der Waals surface area contributed by atoms with Crippen molar-refractivity contribution in [2.45, 2.75) is 64.7 Å². The van der Waals surface area contributed by atoms with Crippen LogP contribution in [-0.4, -0.2) is 50.7 Å². The van der Waals surface area contributed by atoms with E-state index in [9.17, 15) is 14.4 Å². The van der Waals surface area contributed by atoms with Gasteiger partial charge in [0.05, 0.1) is 0 Å². The molecule has 1 saturated heterocycles. The predicted molar refractivity (Wildman–Crippen MR) is 122 cm³/mol. The van der Waals surface area contributed by atoms with Crippen LogP contribution in [0.5, 0.6) is 0 Å². The van der Waals surface area contributed by atoms with Crippen LogP contribution < -0.4 is 0 Å². The largest absolute Gasteiger partial charge is 0.331 e. The Labute approximate surface area is 188 Å². The molecule has 2 aromatic rings. The second-order valence-electron chi connectivity index (χ2n) is 9.56. The second kappa shape index (κ2) is 7.47. The third-order valence-corrected chi connectivity index (χ3v) is 7.30. The highest BCUT2D eigenvalue weighted by molar-refractivity contribution is 6.06. The van der Waals surface area contributed by atoms with Crippen molar-refractivity contribution in [3.05, 3.63) is 59.2 Å². The summed E-state index contributed by atoms with van der Waals surface area (Å²) in [6.45, 7) is 6.91. The van der Waals surface area contributed by atoms with Gasteiger partial charge in [-0.2, -0.15) is 0 Å². The smallest absolute Gasteiger partial charge is 0.327 e. The number of hydrogen-bond acceptors (Lipinski definition) is 3. The molecule has 0 radical (unpaired) electrons. The second-order valence-corrected chi connectivity index (χ2v) is 9.56. The Morgan fingerprint density at radius 3 is 2.25 bits per heavy atom. The van der Waals surface area contributed by atoms with Crippen molar-refractivity contribution < 1.29 is 14.4 Å². The lowest BCUT2D eigenvalue weighted by Gasteiger charge is -2.34. The first-order valence-corrected chi connectivity index (χ1v) is 11.5. The van der Waals surface area contributed by atoms with Crippen molar-refractivity contribution >= 4 is 17.8 Å². The molecule has 1 aliphatic carbocycles. The lowest BCUT2D eigenvalue weighted by atomic mass is 9.92. The maximum Gasteiger partial charge on any atom is 0.327 e. The highest BCUT2D eigenvalue weighted by Crippen LogP contribution is 2.35. The Hall–Kier alpha value is -3.15. The molecular formula is C26H29N3O3. The van der Waals surface area contributed by atoms with E-state index in [1.165, 1.54) is 11.3 Å². The molecule has 4 amide bonds. The number of hydrogen-bond donors (Lipinski definition) is 0. The summed E-state index contributed by atoms with van der Waals surface area (Å²) < 4.78 is 0. The normalized spacial score (nSPS) is 20.2. The molecule has 3 aliphatic rings. The fourth-order valence-electron chi connectivity index (χ4n) is 4.96. The monoisotopic (exact) mass is 431 g/mol. The third kappa shape index (κ3) is 3.12. The number of rotatable bonds is 5. The molecule has 2 heterocycles. The van der Waals surface area contributed by atoms with Gasteiger partial charge in [0, 0.05) is 31.2 Å². The Kier molecular flexibility index (Phi) is 4.84. The number of benzene rings is 2. The highest BCUT2D eigenvalue weighted by Gasteiger charge is 2.50. The Morgan fingerprint density at radius 1 is 0.969 bits per heavy atom. The van der Waals surface area contributed by atoms with Gasteiger partial charge in [-0.15, -0.1) is 0 Å². The van der Waals surface area contributed by atoms with Crippen LogP contribution >= 0.6 is 0 Å². The fraction of sp³-hybridized carbons (Fsp3) is 0.423.